The maximum atomic E-state index is 12.6. The number of nitrogens with zero attached hydrogens (tertiary/aromatic N) is 1. The van der Waals surface area contributed by atoms with Crippen LogP contribution in [0.3, 0.4) is 0 Å². The minimum absolute atomic E-state index is 0.0820. The molecule has 118 valence electrons. The van der Waals surface area contributed by atoms with Gasteiger partial charge in [-0.2, -0.15) is 13.2 Å². The van der Waals surface area contributed by atoms with Gasteiger partial charge >= 0.3 is 6.18 Å². The van der Waals surface area contributed by atoms with Crippen LogP contribution in [0.5, 0.6) is 0 Å². The molecule has 0 aliphatic heterocycles. The second kappa shape index (κ2) is 6.56. The number of pyridine rings is 1. The van der Waals surface area contributed by atoms with Gasteiger partial charge in [-0.3, -0.25) is 0 Å². The number of rotatable bonds is 6. The third-order valence-electron chi connectivity index (χ3n) is 2.44. The van der Waals surface area contributed by atoms with E-state index < -0.39 is 21.7 Å². The summed E-state index contributed by atoms with van der Waals surface area (Å²) in [6, 6.07) is 1.92. The van der Waals surface area contributed by atoms with Crippen molar-refractivity contribution in [2.45, 2.75) is 12.6 Å². The van der Waals surface area contributed by atoms with Gasteiger partial charge in [-0.05, 0) is 18.6 Å². The normalized spacial score (nSPS) is 12.2. The highest BCUT2D eigenvalue weighted by atomic mass is 32.2. The van der Waals surface area contributed by atoms with E-state index in [0.29, 0.717) is 0 Å². The van der Waals surface area contributed by atoms with Crippen LogP contribution < -0.4 is 11.1 Å². The molecule has 21 heavy (non-hydrogen) atoms. The molecule has 0 radical (unpaired) electrons. The van der Waals surface area contributed by atoms with E-state index in [-0.39, 0.29) is 35.1 Å². The number of nitrogens with two attached hydrogens (primary N) is 1. The first-order valence-electron chi connectivity index (χ1n) is 5.80. The smallest absolute Gasteiger partial charge is 0.389 e. The largest absolute Gasteiger partial charge is 0.433 e. The molecule has 0 fully saturated rings. The summed E-state index contributed by atoms with van der Waals surface area (Å²) < 4.78 is 59.8. The van der Waals surface area contributed by atoms with E-state index in [9.17, 15) is 21.6 Å². The zero-order chi connectivity index (χ0) is 16.3. The van der Waals surface area contributed by atoms with Crippen LogP contribution in [-0.2, 0) is 16.0 Å². The first-order chi connectivity index (χ1) is 9.50. The molecule has 0 atom stereocenters. The van der Waals surface area contributed by atoms with Crippen molar-refractivity contribution in [2.75, 3.05) is 23.9 Å². The van der Waals surface area contributed by atoms with E-state index in [2.05, 4.69) is 10.3 Å². The average Bonchev–Trinajstić information content (AvgIpc) is 2.32. The Labute approximate surface area is 125 Å². The lowest BCUT2D eigenvalue weighted by Gasteiger charge is -2.13. The van der Waals surface area contributed by atoms with Crippen molar-refractivity contribution in [3.05, 3.63) is 23.4 Å². The van der Waals surface area contributed by atoms with E-state index in [0.717, 1.165) is 18.4 Å². The molecule has 0 saturated heterocycles. The Balaban J connectivity index is 2.89. The van der Waals surface area contributed by atoms with Gasteiger partial charge in [0.05, 0.1) is 11.3 Å². The number of thiocarbonyl (C=S) groups is 1. The SMILES string of the molecule is CS(=O)(=O)CCCNc1nc(C(F)(F)F)ccc1C(N)=S. The topological polar surface area (TPSA) is 85.1 Å². The van der Waals surface area contributed by atoms with Crippen LogP contribution in [-0.4, -0.2) is 36.9 Å². The highest BCUT2D eigenvalue weighted by Gasteiger charge is 2.33. The van der Waals surface area contributed by atoms with Crippen LogP contribution in [0.15, 0.2) is 12.1 Å². The predicted octanol–water partition coefficient (Wildman–Crippen LogP) is 1.58. The molecule has 1 rings (SSSR count). The highest BCUT2D eigenvalue weighted by molar-refractivity contribution is 7.90. The predicted molar refractivity (Wildman–Crippen MR) is 77.9 cm³/mol. The maximum Gasteiger partial charge on any atom is 0.433 e. The molecule has 0 aliphatic rings. The number of hydrogen-bond donors (Lipinski definition) is 2. The van der Waals surface area contributed by atoms with Gasteiger partial charge in [-0.15, -0.1) is 0 Å². The highest BCUT2D eigenvalue weighted by Crippen LogP contribution is 2.29. The molecule has 1 aromatic heterocycles. The molecule has 0 aliphatic carbocycles. The van der Waals surface area contributed by atoms with Crippen LogP contribution in [0, 0.1) is 0 Å². The third-order valence-corrected chi connectivity index (χ3v) is 3.69. The van der Waals surface area contributed by atoms with Crippen molar-refractivity contribution in [1.82, 2.24) is 4.98 Å². The zero-order valence-corrected chi connectivity index (χ0v) is 12.7. The van der Waals surface area contributed by atoms with Crippen molar-refractivity contribution >= 4 is 32.9 Å². The van der Waals surface area contributed by atoms with Gasteiger partial charge < -0.3 is 11.1 Å². The Bertz CT molecular complexity index is 630. The Kier molecular flexibility index (Phi) is 5.51. The fourth-order valence-electron chi connectivity index (χ4n) is 1.49. The van der Waals surface area contributed by atoms with Crippen LogP contribution in [0.25, 0.3) is 0 Å². The summed E-state index contributed by atoms with van der Waals surface area (Å²) in [5, 5.41) is 2.64. The Hall–Kier alpha value is -1.42. The van der Waals surface area contributed by atoms with Crippen molar-refractivity contribution in [2.24, 2.45) is 5.73 Å². The molecule has 0 aromatic carbocycles. The summed E-state index contributed by atoms with van der Waals surface area (Å²) in [5.74, 6) is -0.188. The number of anilines is 1. The number of halogens is 3. The average molecular weight is 341 g/mol. The lowest BCUT2D eigenvalue weighted by atomic mass is 10.2. The molecule has 0 bridgehead atoms. The van der Waals surface area contributed by atoms with E-state index in [1.54, 1.807) is 0 Å². The van der Waals surface area contributed by atoms with Crippen molar-refractivity contribution in [3.63, 3.8) is 0 Å². The lowest BCUT2D eigenvalue weighted by Crippen LogP contribution is -2.19. The van der Waals surface area contributed by atoms with Crippen LogP contribution in [0.1, 0.15) is 17.7 Å². The van der Waals surface area contributed by atoms with E-state index in [4.69, 9.17) is 18.0 Å². The summed E-state index contributed by atoms with van der Waals surface area (Å²) in [4.78, 5) is 3.35. The summed E-state index contributed by atoms with van der Waals surface area (Å²) in [7, 11) is -3.13. The van der Waals surface area contributed by atoms with Crippen LogP contribution in [0.4, 0.5) is 19.0 Å². The quantitative estimate of drug-likeness (QED) is 0.604. The van der Waals surface area contributed by atoms with Crippen LogP contribution in [0.2, 0.25) is 0 Å². The Morgan fingerprint density at radius 1 is 1.43 bits per heavy atom. The van der Waals surface area contributed by atoms with E-state index in [1.165, 1.54) is 0 Å². The molecular weight excluding hydrogens is 327 g/mol. The summed E-state index contributed by atoms with van der Waals surface area (Å²) in [6.07, 6.45) is -3.28. The molecule has 3 N–H and O–H groups in total. The van der Waals surface area contributed by atoms with Gasteiger partial charge in [0, 0.05) is 12.8 Å². The number of aromatic nitrogens is 1. The Morgan fingerprint density at radius 3 is 2.52 bits per heavy atom. The monoisotopic (exact) mass is 341 g/mol. The van der Waals surface area contributed by atoms with Crippen LogP contribution >= 0.6 is 12.2 Å². The Morgan fingerprint density at radius 2 is 2.05 bits per heavy atom. The summed E-state index contributed by atoms with van der Waals surface area (Å²) in [6.45, 7) is 0.136. The summed E-state index contributed by atoms with van der Waals surface area (Å²) in [5.41, 5.74) is 4.52. The number of nitrogens with one attached hydrogen (secondary N) is 1. The molecule has 0 unspecified atom stereocenters. The number of sulfone groups is 1. The van der Waals surface area contributed by atoms with Crippen molar-refractivity contribution < 1.29 is 21.6 Å². The van der Waals surface area contributed by atoms with Gasteiger partial charge in [0.1, 0.15) is 26.3 Å². The molecule has 0 spiro atoms. The first-order valence-corrected chi connectivity index (χ1v) is 8.27. The van der Waals surface area contributed by atoms with Gasteiger partial charge in [-0.25, -0.2) is 13.4 Å². The van der Waals surface area contributed by atoms with E-state index >= 15 is 0 Å². The summed E-state index contributed by atoms with van der Waals surface area (Å²) >= 11 is 4.74. The number of alkyl halides is 3. The molecule has 0 amide bonds. The van der Waals surface area contributed by atoms with Gasteiger partial charge in [-0.1, -0.05) is 12.2 Å². The molecular formula is C11H14F3N3O2S2. The third kappa shape index (κ3) is 5.84. The minimum Gasteiger partial charge on any atom is -0.389 e. The second-order valence-electron chi connectivity index (χ2n) is 4.36. The standard InChI is InChI=1S/C11H14F3N3O2S2/c1-21(18,19)6-2-5-16-10-7(9(15)20)3-4-8(17-10)11(12,13)14/h3-4H,2,5-6H2,1H3,(H2,15,20)(H,16,17). The molecule has 10 heteroatoms. The van der Waals surface area contributed by atoms with Gasteiger partial charge in [0.15, 0.2) is 0 Å². The zero-order valence-electron chi connectivity index (χ0n) is 11.1. The maximum absolute atomic E-state index is 12.6. The fourth-order valence-corrected chi connectivity index (χ4v) is 2.33. The van der Waals surface area contributed by atoms with Crippen molar-refractivity contribution in [1.29, 1.82) is 0 Å². The molecule has 1 aromatic rings. The first kappa shape index (κ1) is 17.6. The second-order valence-corrected chi connectivity index (χ2v) is 7.06. The van der Waals surface area contributed by atoms with Crippen molar-refractivity contribution in [3.8, 4) is 0 Å². The number of hydrogen-bond acceptors (Lipinski definition) is 5. The van der Waals surface area contributed by atoms with Gasteiger partial charge in [0.25, 0.3) is 0 Å². The molecule has 1 heterocycles. The fraction of sp³-hybridized carbons (Fsp3) is 0.455. The molecule has 0 saturated carbocycles. The minimum atomic E-state index is -4.59. The van der Waals surface area contributed by atoms with Gasteiger partial charge in [0.2, 0.25) is 0 Å². The lowest BCUT2D eigenvalue weighted by molar-refractivity contribution is -0.141. The molecule has 5 nitrogen and oxygen atoms in total. The van der Waals surface area contributed by atoms with E-state index in [1.807, 2.05) is 0 Å².